The zero-order valence-corrected chi connectivity index (χ0v) is 53.2. The van der Waals surface area contributed by atoms with Gasteiger partial charge in [0.1, 0.15) is 36.9 Å². The summed E-state index contributed by atoms with van der Waals surface area (Å²) in [6.45, 7) is 8.28. The van der Waals surface area contributed by atoms with Crippen molar-refractivity contribution in [1.82, 2.24) is 30.2 Å². The maximum Gasteiger partial charge on any atom is 0.330 e. The number of nitrogens with one attached hydrogen (secondary N) is 2. The van der Waals surface area contributed by atoms with Gasteiger partial charge in [0.2, 0.25) is 29.4 Å². The Hall–Kier alpha value is -8.40. The van der Waals surface area contributed by atoms with Crippen LogP contribution in [0.1, 0.15) is 116 Å². The third kappa shape index (κ3) is 19.5. The van der Waals surface area contributed by atoms with Crippen molar-refractivity contribution in [3.8, 4) is 17.2 Å². The molecule has 1 fully saturated rings. The molecular weight excluding hydrogens is 1150 g/mol. The fourth-order valence-corrected chi connectivity index (χ4v) is 10.3. The van der Waals surface area contributed by atoms with Crippen molar-refractivity contribution in [2.45, 2.75) is 142 Å². The van der Waals surface area contributed by atoms with Gasteiger partial charge in [-0.05, 0) is 131 Å². The predicted octanol–water partition coefficient (Wildman–Crippen LogP) is 7.03. The third-order valence-electron chi connectivity index (χ3n) is 15.9. The summed E-state index contributed by atoms with van der Waals surface area (Å²) in [6.07, 6.45) is 4.45. The molecule has 0 spiro atoms. The van der Waals surface area contributed by atoms with E-state index in [0.717, 1.165) is 28.5 Å². The minimum Gasteiger partial charge on any atom is -0.493 e. The van der Waals surface area contributed by atoms with Crippen molar-refractivity contribution in [3.05, 3.63) is 114 Å². The quantitative estimate of drug-likeness (QED) is 0.107. The van der Waals surface area contributed by atoms with Crippen molar-refractivity contribution < 1.29 is 76.0 Å². The molecule has 2 aliphatic rings. The van der Waals surface area contributed by atoms with Gasteiger partial charge in [-0.1, -0.05) is 80.4 Å². The minimum atomic E-state index is -1.54. The van der Waals surface area contributed by atoms with Crippen LogP contribution in [0.4, 0.5) is 4.39 Å². The number of carbonyl (C=O) groups is 9. The van der Waals surface area contributed by atoms with Crippen LogP contribution in [0.25, 0.3) is 10.8 Å². The third-order valence-corrected chi connectivity index (χ3v) is 15.9. The molecule has 6 amide bonds. The highest BCUT2D eigenvalue weighted by molar-refractivity contribution is 6.38. The fraction of sp³-hybridized carbons (Fsp3) is 0.507. The lowest BCUT2D eigenvalue weighted by Crippen LogP contribution is -2.59. The minimum absolute atomic E-state index is 0.0418. The summed E-state index contributed by atoms with van der Waals surface area (Å²) < 4.78 is 50.7. The second-order valence-corrected chi connectivity index (χ2v) is 24.2. The number of Topliss-reactive ketones (excluding diaryl/α,β-unsaturated/α-hetero) is 1. The Morgan fingerprint density at radius 3 is 2.18 bits per heavy atom. The number of fused-ring (bicyclic) bond motifs is 4. The smallest absolute Gasteiger partial charge is 0.330 e. The van der Waals surface area contributed by atoms with Crippen LogP contribution < -0.4 is 24.8 Å². The highest BCUT2D eigenvalue weighted by Crippen LogP contribution is 2.34. The SMILES string of the molecule is CCCC[C@H]1C(=O)N[C@@H](Cc2ccc3ccccc3c2)C(=O)N(C)[C@@H](COC(C)(C)C)C(=O)NCC(=O)N(C)CCC=CC(=O)OCC(C)(C)C(=O)C(=O)N2CCCC[C@H]2C(=O)O[C@H](CCc2ccc(OC)c(OC)c2)c2ccc(F)c(c2)OCC(=O)N1C. The molecule has 0 saturated carbocycles. The van der Waals surface area contributed by atoms with E-state index in [1.54, 1.807) is 32.9 Å². The van der Waals surface area contributed by atoms with Crippen LogP contribution in [0, 0.1) is 11.2 Å². The molecule has 0 aromatic heterocycles. The largest absolute Gasteiger partial charge is 0.493 e. The molecule has 5 atom stereocenters. The molecule has 2 bridgehead atoms. The van der Waals surface area contributed by atoms with E-state index in [0.29, 0.717) is 42.7 Å². The first-order valence-corrected chi connectivity index (χ1v) is 30.2. The summed E-state index contributed by atoms with van der Waals surface area (Å²) in [4.78, 5) is 132. The number of hydrogen-bond acceptors (Lipinski definition) is 15. The molecule has 4 aromatic carbocycles. The molecule has 0 radical (unpaired) electrons. The first-order chi connectivity index (χ1) is 42.2. The van der Waals surface area contributed by atoms with Crippen molar-refractivity contribution in [1.29, 1.82) is 0 Å². The van der Waals surface area contributed by atoms with Crippen LogP contribution in [0.2, 0.25) is 0 Å². The number of piperidine rings is 1. The Kier molecular flexibility index (Phi) is 25.2. The summed E-state index contributed by atoms with van der Waals surface area (Å²) >= 11 is 0. The summed E-state index contributed by atoms with van der Waals surface area (Å²) in [5.74, 6) is -7.14. The molecule has 2 heterocycles. The van der Waals surface area contributed by atoms with Gasteiger partial charge in [0.25, 0.3) is 11.8 Å². The molecule has 1 saturated heterocycles. The Labute approximate surface area is 520 Å². The lowest BCUT2D eigenvalue weighted by molar-refractivity contribution is -0.165. The Bertz CT molecular complexity index is 3220. The van der Waals surface area contributed by atoms with Gasteiger partial charge in [-0.15, -0.1) is 0 Å². The lowest BCUT2D eigenvalue weighted by atomic mass is 9.87. The van der Waals surface area contributed by atoms with Crippen LogP contribution in [0.15, 0.2) is 91.0 Å². The van der Waals surface area contributed by atoms with Gasteiger partial charge in [-0.2, -0.15) is 0 Å². The van der Waals surface area contributed by atoms with Crippen LogP contribution in [0.3, 0.4) is 0 Å². The van der Waals surface area contributed by atoms with Gasteiger partial charge in [-0.25, -0.2) is 14.0 Å². The molecule has 482 valence electrons. The van der Waals surface area contributed by atoms with E-state index >= 15 is 9.18 Å². The van der Waals surface area contributed by atoms with Crippen molar-refractivity contribution in [3.63, 3.8) is 0 Å². The lowest BCUT2D eigenvalue weighted by Gasteiger charge is -2.36. The number of carbonyl (C=O) groups excluding carboxylic acids is 9. The van der Waals surface area contributed by atoms with Gasteiger partial charge in [0.15, 0.2) is 29.7 Å². The van der Waals surface area contributed by atoms with Gasteiger partial charge in [0.05, 0.1) is 38.4 Å². The first kappa shape index (κ1) is 69.7. The molecule has 6 rings (SSSR count). The van der Waals surface area contributed by atoms with Gasteiger partial charge >= 0.3 is 11.9 Å². The van der Waals surface area contributed by atoms with E-state index in [9.17, 15) is 38.4 Å². The molecule has 22 heteroatoms. The summed E-state index contributed by atoms with van der Waals surface area (Å²) in [5.41, 5.74) is -0.605. The van der Waals surface area contributed by atoms with Crippen molar-refractivity contribution >= 4 is 63.9 Å². The van der Waals surface area contributed by atoms with Crippen LogP contribution >= 0.6 is 0 Å². The summed E-state index contributed by atoms with van der Waals surface area (Å²) in [6, 6.07) is 17.4. The second-order valence-electron chi connectivity index (χ2n) is 24.2. The number of unbranched alkanes of at least 4 members (excludes halogenated alkanes) is 1. The molecule has 2 aliphatic heterocycles. The number of ketones is 1. The molecule has 0 aliphatic carbocycles. The number of methoxy groups -OCH3 is 2. The summed E-state index contributed by atoms with van der Waals surface area (Å²) in [5, 5.41) is 7.38. The zero-order valence-electron chi connectivity index (χ0n) is 53.2. The average molecular weight is 1240 g/mol. The number of hydrogen-bond donors (Lipinski definition) is 2. The van der Waals surface area contributed by atoms with E-state index in [2.05, 4.69) is 10.6 Å². The van der Waals surface area contributed by atoms with Crippen molar-refractivity contribution in [2.24, 2.45) is 5.41 Å². The molecule has 89 heavy (non-hydrogen) atoms. The highest BCUT2D eigenvalue weighted by Gasteiger charge is 2.43. The number of ether oxygens (including phenoxy) is 6. The Morgan fingerprint density at radius 1 is 0.753 bits per heavy atom. The Balaban J connectivity index is 1.37. The number of cyclic esters (lactones) is 2. The van der Waals surface area contributed by atoms with E-state index in [1.165, 1.54) is 87.0 Å². The predicted molar refractivity (Wildman–Crippen MR) is 330 cm³/mol. The van der Waals surface area contributed by atoms with Crippen LogP contribution in [-0.2, 0) is 70.2 Å². The normalized spacial score (nSPS) is 21.5. The van der Waals surface area contributed by atoms with Crippen LogP contribution in [0.5, 0.6) is 17.2 Å². The molecule has 0 unspecified atom stereocenters. The van der Waals surface area contributed by atoms with E-state index in [1.807, 2.05) is 55.5 Å². The molecular formula is C67H87FN6O15. The number of esters is 2. The van der Waals surface area contributed by atoms with Gasteiger partial charge in [-0.3, -0.25) is 33.6 Å². The number of rotatable bonds is 12. The molecule has 21 nitrogen and oxygen atoms in total. The van der Waals surface area contributed by atoms with Crippen LogP contribution in [-0.4, -0.2) is 177 Å². The number of aryl methyl sites for hydroxylation is 1. The zero-order chi connectivity index (χ0) is 65.2. The molecule has 2 N–H and O–H groups in total. The maximum absolute atomic E-state index is 16.0. The standard InChI is InChI=1S/C67H87FN6O15/c1-12-13-22-50-62(80)70-49(36-44-25-28-45-20-14-15-21-46(45)35-44)63(81)73(9)52(40-88-66(2,3)4)61(79)69-39-57(75)71(7)33-18-17-24-59(77)87-42-67(5,6)60(78)64(82)74-34-19-16-23-51(74)65(83)89-53(31-26-43-27-32-54(84-10)56(37-43)85-11)47-29-30-48(68)55(38-47)86-41-58(76)72(50)8/h14-15,17,20-21,24-25,27-30,32,35,37-38,49-53H,12-13,16,18-19,22-23,26,31,33-34,36,39-42H2,1-11H3,(H,69,79)(H,70,80)/t49-,50-,51-,52-,53+/m0/s1. The van der Waals surface area contributed by atoms with Gasteiger partial charge in [0, 0.05) is 46.7 Å². The number of amides is 6. The highest BCUT2D eigenvalue weighted by atomic mass is 19.1. The number of nitrogens with zero attached hydrogens (tertiary/aromatic N) is 4. The maximum atomic E-state index is 16.0. The van der Waals surface area contributed by atoms with E-state index < -0.39 is 120 Å². The van der Waals surface area contributed by atoms with E-state index in [-0.39, 0.29) is 69.5 Å². The molecule has 4 aromatic rings. The number of likely N-dealkylation sites (N-methyl/N-ethyl adjacent to an activating group) is 3. The monoisotopic (exact) mass is 1230 g/mol. The van der Waals surface area contributed by atoms with Crippen molar-refractivity contribution in [2.75, 3.05) is 74.8 Å². The number of halogens is 1. The van der Waals surface area contributed by atoms with Gasteiger partial charge < -0.3 is 58.7 Å². The number of benzene rings is 4. The first-order valence-electron chi connectivity index (χ1n) is 30.2. The topological polar surface area (TPSA) is 246 Å². The fourth-order valence-electron chi connectivity index (χ4n) is 10.3. The Morgan fingerprint density at radius 2 is 1.47 bits per heavy atom. The van der Waals surface area contributed by atoms with E-state index in [4.69, 9.17) is 28.4 Å². The average Bonchev–Trinajstić information content (AvgIpc) is 2.97. The summed E-state index contributed by atoms with van der Waals surface area (Å²) in [7, 11) is 7.32. The second kappa shape index (κ2) is 32.2.